The molecule has 1 atom stereocenters. The molecule has 6 nitrogen and oxygen atoms in total. The van der Waals surface area contributed by atoms with Crippen LogP contribution in [0.25, 0.3) is 11.3 Å². The third-order valence-electron chi connectivity index (χ3n) is 4.86. The lowest BCUT2D eigenvalue weighted by Crippen LogP contribution is -2.43. The fraction of sp³-hybridized carbons (Fsp3) is 0.238. The largest absolute Gasteiger partial charge is 0.485 e. The fourth-order valence-corrected chi connectivity index (χ4v) is 4.44. The second-order valence-electron chi connectivity index (χ2n) is 6.64. The Kier molecular flexibility index (Phi) is 4.44. The van der Waals surface area contributed by atoms with Gasteiger partial charge in [-0.05, 0) is 12.1 Å². The Hall–Kier alpha value is -2.93. The van der Waals surface area contributed by atoms with Gasteiger partial charge in [-0.1, -0.05) is 54.2 Å². The van der Waals surface area contributed by atoms with Crippen LogP contribution in [0.1, 0.15) is 5.69 Å². The van der Waals surface area contributed by atoms with Crippen LogP contribution in [0.3, 0.4) is 0 Å². The van der Waals surface area contributed by atoms with Gasteiger partial charge in [0.25, 0.3) is 5.91 Å². The van der Waals surface area contributed by atoms with Gasteiger partial charge in [-0.3, -0.25) is 4.79 Å². The van der Waals surface area contributed by atoms with Crippen molar-refractivity contribution < 1.29 is 14.3 Å². The predicted octanol–water partition coefficient (Wildman–Crippen LogP) is 3.11. The maximum absolute atomic E-state index is 12.7. The van der Waals surface area contributed by atoms with Gasteiger partial charge in [0.2, 0.25) is 6.10 Å². The zero-order valence-electron chi connectivity index (χ0n) is 15.1. The van der Waals surface area contributed by atoms with Gasteiger partial charge in [0.05, 0.1) is 17.9 Å². The summed E-state index contributed by atoms with van der Waals surface area (Å²) in [5.41, 5.74) is 3.01. The first-order valence-electron chi connectivity index (χ1n) is 9.23. The van der Waals surface area contributed by atoms with E-state index in [0.29, 0.717) is 18.0 Å². The van der Waals surface area contributed by atoms with Crippen LogP contribution in [-0.2, 0) is 17.9 Å². The van der Waals surface area contributed by atoms with Crippen LogP contribution in [0.2, 0.25) is 0 Å². The number of hydrogen-bond donors (Lipinski definition) is 1. The van der Waals surface area contributed by atoms with Gasteiger partial charge < -0.3 is 19.4 Å². The van der Waals surface area contributed by atoms with Crippen molar-refractivity contribution in [1.29, 1.82) is 0 Å². The summed E-state index contributed by atoms with van der Waals surface area (Å²) in [6, 6.07) is 17.5. The van der Waals surface area contributed by atoms with Gasteiger partial charge in [0.1, 0.15) is 6.61 Å². The SMILES string of the molecule is O=C(NCc1c(-c2ccccc2)nc2n1CCS2)C1COc2ccccc2O1. The lowest BCUT2D eigenvalue weighted by molar-refractivity contribution is -0.130. The number of amides is 1. The number of thioether (sulfide) groups is 1. The van der Waals surface area contributed by atoms with E-state index in [4.69, 9.17) is 14.5 Å². The molecule has 1 aromatic heterocycles. The molecule has 0 saturated carbocycles. The molecule has 1 amide bonds. The number of fused-ring (bicyclic) bond motifs is 2. The minimum absolute atomic E-state index is 0.185. The highest BCUT2D eigenvalue weighted by Gasteiger charge is 2.28. The maximum atomic E-state index is 12.7. The smallest absolute Gasteiger partial charge is 0.265 e. The summed E-state index contributed by atoms with van der Waals surface area (Å²) in [6.07, 6.45) is -0.662. The van der Waals surface area contributed by atoms with Crippen LogP contribution in [0.15, 0.2) is 59.8 Å². The molecule has 2 aliphatic heterocycles. The van der Waals surface area contributed by atoms with Crippen LogP contribution in [0.4, 0.5) is 0 Å². The van der Waals surface area contributed by atoms with E-state index < -0.39 is 6.10 Å². The number of hydrogen-bond acceptors (Lipinski definition) is 5. The third kappa shape index (κ3) is 3.11. The van der Waals surface area contributed by atoms with Crippen molar-refractivity contribution in [3.05, 3.63) is 60.3 Å². The van der Waals surface area contributed by atoms with E-state index in [1.165, 1.54) is 0 Å². The highest BCUT2D eigenvalue weighted by Crippen LogP contribution is 2.33. The fourth-order valence-electron chi connectivity index (χ4n) is 3.47. The first-order chi connectivity index (χ1) is 13.8. The molecular formula is C21H19N3O3S. The van der Waals surface area contributed by atoms with E-state index in [1.807, 2.05) is 54.6 Å². The number of aromatic nitrogens is 2. The van der Waals surface area contributed by atoms with Crippen molar-refractivity contribution in [2.24, 2.45) is 0 Å². The monoisotopic (exact) mass is 393 g/mol. The molecule has 0 saturated heterocycles. The molecule has 2 aliphatic rings. The van der Waals surface area contributed by atoms with Gasteiger partial charge in [-0.2, -0.15) is 0 Å². The molecule has 1 N–H and O–H groups in total. The van der Waals surface area contributed by atoms with Crippen molar-refractivity contribution in [3.8, 4) is 22.8 Å². The van der Waals surface area contributed by atoms with Gasteiger partial charge in [-0.15, -0.1) is 0 Å². The van der Waals surface area contributed by atoms with Crippen molar-refractivity contribution >= 4 is 17.7 Å². The average Bonchev–Trinajstić information content (AvgIpc) is 3.34. The zero-order chi connectivity index (χ0) is 18.9. The number of para-hydroxylation sites is 2. The molecule has 142 valence electrons. The topological polar surface area (TPSA) is 65.4 Å². The Balaban J connectivity index is 1.34. The standard InChI is InChI=1S/C21H19N3O3S/c25-20(18-13-26-16-8-4-5-9-17(16)27-18)22-12-15-19(14-6-2-1-3-7-14)23-21-24(15)10-11-28-21/h1-9,18H,10-13H2,(H,22,25). The minimum Gasteiger partial charge on any atom is -0.485 e. The summed E-state index contributed by atoms with van der Waals surface area (Å²) < 4.78 is 13.7. The number of ether oxygens (including phenoxy) is 2. The summed E-state index contributed by atoms with van der Waals surface area (Å²) in [7, 11) is 0. The number of nitrogens with one attached hydrogen (secondary N) is 1. The van der Waals surface area contributed by atoms with Crippen molar-refractivity contribution in [1.82, 2.24) is 14.9 Å². The Morgan fingerprint density at radius 1 is 1.14 bits per heavy atom. The molecule has 7 heteroatoms. The molecule has 0 fully saturated rings. The Bertz CT molecular complexity index is 1020. The normalized spacial score (nSPS) is 17.2. The maximum Gasteiger partial charge on any atom is 0.265 e. The molecule has 0 radical (unpaired) electrons. The molecule has 28 heavy (non-hydrogen) atoms. The number of benzene rings is 2. The van der Waals surface area contributed by atoms with E-state index in [1.54, 1.807) is 11.8 Å². The van der Waals surface area contributed by atoms with E-state index in [-0.39, 0.29) is 12.5 Å². The van der Waals surface area contributed by atoms with Gasteiger partial charge in [0.15, 0.2) is 16.7 Å². The summed E-state index contributed by atoms with van der Waals surface area (Å²) in [4.78, 5) is 17.5. The average molecular weight is 393 g/mol. The van der Waals surface area contributed by atoms with Crippen LogP contribution in [0.5, 0.6) is 11.5 Å². The van der Waals surface area contributed by atoms with Crippen molar-refractivity contribution in [2.45, 2.75) is 24.3 Å². The highest BCUT2D eigenvalue weighted by atomic mass is 32.2. The lowest BCUT2D eigenvalue weighted by atomic mass is 10.1. The van der Waals surface area contributed by atoms with E-state index >= 15 is 0 Å². The van der Waals surface area contributed by atoms with Gasteiger partial charge in [-0.25, -0.2) is 4.98 Å². The van der Waals surface area contributed by atoms with Crippen molar-refractivity contribution in [3.63, 3.8) is 0 Å². The molecule has 2 aromatic carbocycles. The summed E-state index contributed by atoms with van der Waals surface area (Å²) in [6.45, 7) is 1.51. The second kappa shape index (κ2) is 7.24. The molecule has 5 rings (SSSR count). The molecule has 3 heterocycles. The zero-order valence-corrected chi connectivity index (χ0v) is 15.9. The molecular weight excluding hydrogens is 374 g/mol. The van der Waals surface area contributed by atoms with E-state index in [0.717, 1.165) is 34.4 Å². The summed E-state index contributed by atoms with van der Waals surface area (Å²) in [5, 5.41) is 4.02. The summed E-state index contributed by atoms with van der Waals surface area (Å²) in [5.74, 6) is 2.09. The van der Waals surface area contributed by atoms with E-state index in [9.17, 15) is 4.79 Å². The van der Waals surface area contributed by atoms with Gasteiger partial charge >= 0.3 is 0 Å². The number of imidazole rings is 1. The molecule has 3 aromatic rings. The van der Waals surface area contributed by atoms with Crippen LogP contribution in [0, 0.1) is 0 Å². The molecule has 1 unspecified atom stereocenters. The number of carbonyl (C=O) groups is 1. The molecule has 0 bridgehead atoms. The van der Waals surface area contributed by atoms with Crippen molar-refractivity contribution in [2.75, 3.05) is 12.4 Å². The Labute approximate surface area is 166 Å². The van der Waals surface area contributed by atoms with Crippen LogP contribution >= 0.6 is 11.8 Å². The predicted molar refractivity (Wildman–Crippen MR) is 107 cm³/mol. The Morgan fingerprint density at radius 2 is 1.93 bits per heavy atom. The quantitative estimate of drug-likeness (QED) is 0.738. The van der Waals surface area contributed by atoms with Crippen LogP contribution in [-0.4, -0.2) is 33.9 Å². The highest BCUT2D eigenvalue weighted by molar-refractivity contribution is 7.99. The Morgan fingerprint density at radius 3 is 2.79 bits per heavy atom. The third-order valence-corrected chi connectivity index (χ3v) is 5.82. The molecule has 0 aliphatic carbocycles. The number of carbonyl (C=O) groups excluding carboxylic acids is 1. The van der Waals surface area contributed by atoms with Gasteiger partial charge in [0, 0.05) is 17.9 Å². The van der Waals surface area contributed by atoms with E-state index in [2.05, 4.69) is 9.88 Å². The number of nitrogens with zero attached hydrogens (tertiary/aromatic N) is 2. The molecule has 0 spiro atoms. The minimum atomic E-state index is -0.662. The van der Waals surface area contributed by atoms with Crippen LogP contribution < -0.4 is 14.8 Å². The first kappa shape index (κ1) is 17.2. The number of rotatable bonds is 4. The first-order valence-corrected chi connectivity index (χ1v) is 10.2. The second-order valence-corrected chi connectivity index (χ2v) is 7.70. The lowest BCUT2D eigenvalue weighted by Gasteiger charge is -2.25. The summed E-state index contributed by atoms with van der Waals surface area (Å²) >= 11 is 1.75.